The van der Waals surface area contributed by atoms with Crippen molar-refractivity contribution >= 4 is 11.6 Å². The molecule has 0 aliphatic heterocycles. The Morgan fingerprint density at radius 1 is 1.00 bits per heavy atom. The number of nitrogens with one attached hydrogen (secondary N) is 2. The van der Waals surface area contributed by atoms with Crippen molar-refractivity contribution in [3.05, 3.63) is 11.4 Å². The molecule has 0 fully saturated rings. The van der Waals surface area contributed by atoms with Gasteiger partial charge in [-0.2, -0.15) is 5.10 Å². The Bertz CT molecular complexity index is 393. The largest absolute Gasteiger partial charge is 0.323 e. The van der Waals surface area contributed by atoms with Crippen LogP contribution in [-0.4, -0.2) is 16.1 Å². The Kier molecular flexibility index (Phi) is 8.79. The minimum absolute atomic E-state index is 0.102. The van der Waals surface area contributed by atoms with Gasteiger partial charge in [0.15, 0.2) is 0 Å². The van der Waals surface area contributed by atoms with E-state index in [1.807, 2.05) is 13.8 Å². The van der Waals surface area contributed by atoms with E-state index in [2.05, 4.69) is 22.4 Å². The lowest BCUT2D eigenvalue weighted by molar-refractivity contribution is -0.116. The summed E-state index contributed by atoms with van der Waals surface area (Å²) in [5, 5.41) is 9.91. The molecule has 0 aliphatic rings. The van der Waals surface area contributed by atoms with Crippen molar-refractivity contribution in [3.8, 4) is 0 Å². The fourth-order valence-electron chi connectivity index (χ4n) is 2.53. The Balaban J connectivity index is 2.01. The van der Waals surface area contributed by atoms with E-state index in [1.54, 1.807) is 0 Å². The van der Waals surface area contributed by atoms with Crippen LogP contribution in [0.1, 0.15) is 82.5 Å². The van der Waals surface area contributed by atoms with Crippen LogP contribution in [0.4, 0.5) is 5.69 Å². The fraction of sp³-hybridized carbons (Fsp3) is 0.765. The highest BCUT2D eigenvalue weighted by molar-refractivity contribution is 5.91. The van der Waals surface area contributed by atoms with Gasteiger partial charge in [0.25, 0.3) is 0 Å². The van der Waals surface area contributed by atoms with Gasteiger partial charge in [0, 0.05) is 6.42 Å². The van der Waals surface area contributed by atoms with Crippen LogP contribution in [0, 0.1) is 13.8 Å². The average molecular weight is 293 g/mol. The highest BCUT2D eigenvalue weighted by Gasteiger charge is 2.09. The van der Waals surface area contributed by atoms with E-state index >= 15 is 0 Å². The van der Waals surface area contributed by atoms with Gasteiger partial charge in [0.05, 0.1) is 17.1 Å². The second-order valence-corrected chi connectivity index (χ2v) is 5.94. The van der Waals surface area contributed by atoms with Gasteiger partial charge in [-0.1, -0.05) is 58.3 Å². The molecule has 1 aromatic rings. The second kappa shape index (κ2) is 10.4. The van der Waals surface area contributed by atoms with Crippen molar-refractivity contribution in [2.45, 2.75) is 85.0 Å². The molecule has 120 valence electrons. The molecule has 0 saturated heterocycles. The van der Waals surface area contributed by atoms with E-state index < -0.39 is 0 Å². The summed E-state index contributed by atoms with van der Waals surface area (Å²) in [4.78, 5) is 11.9. The van der Waals surface area contributed by atoms with E-state index in [1.165, 1.54) is 44.9 Å². The van der Waals surface area contributed by atoms with Crippen molar-refractivity contribution in [2.75, 3.05) is 5.32 Å². The number of amides is 1. The maximum absolute atomic E-state index is 11.9. The minimum atomic E-state index is 0.102. The summed E-state index contributed by atoms with van der Waals surface area (Å²) in [6, 6.07) is 0. The molecule has 1 amide bonds. The molecule has 2 N–H and O–H groups in total. The van der Waals surface area contributed by atoms with Gasteiger partial charge in [0.1, 0.15) is 0 Å². The summed E-state index contributed by atoms with van der Waals surface area (Å²) < 4.78 is 0. The first kappa shape index (κ1) is 17.7. The average Bonchev–Trinajstić information content (AvgIpc) is 2.77. The quantitative estimate of drug-likeness (QED) is 0.571. The number of hydrogen-bond acceptors (Lipinski definition) is 2. The number of rotatable bonds is 11. The van der Waals surface area contributed by atoms with Crippen molar-refractivity contribution in [1.29, 1.82) is 0 Å². The third kappa shape index (κ3) is 7.30. The van der Waals surface area contributed by atoms with Gasteiger partial charge in [-0.25, -0.2) is 0 Å². The molecule has 0 spiro atoms. The maximum atomic E-state index is 11.9. The smallest absolute Gasteiger partial charge is 0.224 e. The number of unbranched alkanes of at least 4 members (excludes halogenated alkanes) is 8. The predicted molar refractivity (Wildman–Crippen MR) is 88.5 cm³/mol. The monoisotopic (exact) mass is 293 g/mol. The van der Waals surface area contributed by atoms with Crippen molar-refractivity contribution in [2.24, 2.45) is 0 Å². The Hall–Kier alpha value is -1.32. The molecule has 1 rings (SSSR count). The number of aromatic nitrogens is 2. The van der Waals surface area contributed by atoms with Crippen LogP contribution < -0.4 is 5.32 Å². The van der Waals surface area contributed by atoms with E-state index in [9.17, 15) is 4.79 Å². The molecule has 0 radical (unpaired) electrons. The van der Waals surface area contributed by atoms with Gasteiger partial charge >= 0.3 is 0 Å². The highest BCUT2D eigenvalue weighted by Crippen LogP contribution is 2.17. The number of hydrogen-bond donors (Lipinski definition) is 2. The number of nitrogens with zero attached hydrogens (tertiary/aromatic N) is 1. The van der Waals surface area contributed by atoms with Crippen LogP contribution in [0.25, 0.3) is 0 Å². The zero-order valence-electron chi connectivity index (χ0n) is 13.9. The Labute approximate surface area is 129 Å². The SMILES string of the molecule is CCCCCCCCCCCC(=O)Nc1c(C)n[nH]c1C. The highest BCUT2D eigenvalue weighted by atomic mass is 16.1. The van der Waals surface area contributed by atoms with Gasteiger partial charge in [0.2, 0.25) is 5.91 Å². The third-order valence-corrected chi connectivity index (χ3v) is 3.90. The standard InChI is InChI=1S/C17H31N3O/c1-4-5-6-7-8-9-10-11-12-13-16(21)18-17-14(2)19-20-15(17)3/h4-13H2,1-3H3,(H,18,21)(H,19,20). The van der Waals surface area contributed by atoms with Crippen molar-refractivity contribution in [3.63, 3.8) is 0 Å². The third-order valence-electron chi connectivity index (χ3n) is 3.90. The molecule has 0 aliphatic carbocycles. The van der Waals surface area contributed by atoms with Gasteiger partial charge in [-0.15, -0.1) is 0 Å². The molecule has 1 aromatic heterocycles. The van der Waals surface area contributed by atoms with E-state index in [4.69, 9.17) is 0 Å². The summed E-state index contributed by atoms with van der Waals surface area (Å²) in [5.74, 6) is 0.102. The van der Waals surface area contributed by atoms with Gasteiger partial charge < -0.3 is 5.32 Å². The molecule has 4 nitrogen and oxygen atoms in total. The number of carbonyl (C=O) groups is 1. The molecular weight excluding hydrogens is 262 g/mol. The van der Waals surface area contributed by atoms with Crippen LogP contribution in [-0.2, 0) is 4.79 Å². The summed E-state index contributed by atoms with van der Waals surface area (Å²) >= 11 is 0. The van der Waals surface area contributed by atoms with Crippen LogP contribution >= 0.6 is 0 Å². The first-order chi connectivity index (χ1) is 10.1. The van der Waals surface area contributed by atoms with Gasteiger partial charge in [-0.05, 0) is 20.3 Å². The molecule has 0 saturated carbocycles. The topological polar surface area (TPSA) is 57.8 Å². The normalized spacial score (nSPS) is 10.8. The summed E-state index contributed by atoms with van der Waals surface area (Å²) in [6.45, 7) is 6.07. The lowest BCUT2D eigenvalue weighted by Crippen LogP contribution is -2.12. The first-order valence-electron chi connectivity index (χ1n) is 8.46. The molecule has 0 bridgehead atoms. The fourth-order valence-corrected chi connectivity index (χ4v) is 2.53. The van der Waals surface area contributed by atoms with Crippen molar-refractivity contribution in [1.82, 2.24) is 10.2 Å². The molecule has 4 heteroatoms. The number of aromatic amines is 1. The van der Waals surface area contributed by atoms with E-state index in [0.717, 1.165) is 29.9 Å². The molecule has 1 heterocycles. The van der Waals surface area contributed by atoms with E-state index in [0.29, 0.717) is 6.42 Å². The van der Waals surface area contributed by atoms with E-state index in [-0.39, 0.29) is 5.91 Å². The predicted octanol–water partition coefficient (Wildman–Crippen LogP) is 4.89. The molecule has 0 atom stereocenters. The number of anilines is 1. The zero-order valence-corrected chi connectivity index (χ0v) is 13.9. The molecule has 0 unspecified atom stereocenters. The summed E-state index contributed by atoms with van der Waals surface area (Å²) in [6.07, 6.45) is 12.1. The van der Waals surface area contributed by atoms with Crippen molar-refractivity contribution < 1.29 is 4.79 Å². The molecular formula is C17H31N3O. The number of aryl methyl sites for hydroxylation is 2. The molecule has 21 heavy (non-hydrogen) atoms. The zero-order chi connectivity index (χ0) is 15.5. The lowest BCUT2D eigenvalue weighted by Gasteiger charge is -2.05. The van der Waals surface area contributed by atoms with Crippen LogP contribution in [0.3, 0.4) is 0 Å². The Morgan fingerprint density at radius 2 is 1.57 bits per heavy atom. The Morgan fingerprint density at radius 3 is 2.10 bits per heavy atom. The van der Waals surface area contributed by atoms with Gasteiger partial charge in [-0.3, -0.25) is 9.89 Å². The number of H-pyrrole nitrogens is 1. The second-order valence-electron chi connectivity index (χ2n) is 5.94. The molecule has 0 aromatic carbocycles. The van der Waals surface area contributed by atoms with Crippen LogP contribution in [0.5, 0.6) is 0 Å². The maximum Gasteiger partial charge on any atom is 0.224 e. The van der Waals surface area contributed by atoms with Crippen LogP contribution in [0.2, 0.25) is 0 Å². The lowest BCUT2D eigenvalue weighted by atomic mass is 10.1. The summed E-state index contributed by atoms with van der Waals surface area (Å²) in [5.41, 5.74) is 2.62. The number of carbonyl (C=O) groups excluding carboxylic acids is 1. The first-order valence-corrected chi connectivity index (χ1v) is 8.46. The van der Waals surface area contributed by atoms with Crippen LogP contribution in [0.15, 0.2) is 0 Å². The summed E-state index contributed by atoms with van der Waals surface area (Å²) in [7, 11) is 0. The minimum Gasteiger partial charge on any atom is -0.323 e.